The van der Waals surface area contributed by atoms with E-state index in [0.717, 1.165) is 6.26 Å². The van der Waals surface area contributed by atoms with E-state index in [1.807, 2.05) is 0 Å². The third kappa shape index (κ3) is 5.26. The Morgan fingerprint density at radius 1 is 1.09 bits per heavy atom. The van der Waals surface area contributed by atoms with E-state index in [0.29, 0.717) is 0 Å². The monoisotopic (exact) mass is 338 g/mol. The molecule has 2 rings (SSSR count). The minimum Gasteiger partial charge on any atom is -0.481 e. The number of rotatable bonds is 6. The van der Waals surface area contributed by atoms with Crippen LogP contribution in [0, 0.1) is 5.82 Å². The number of carbonyl (C=O) groups excluding carboxylic acids is 1. The minimum absolute atomic E-state index is 0.0369. The maximum absolute atomic E-state index is 13.4. The summed E-state index contributed by atoms with van der Waals surface area (Å²) >= 11 is 0. The van der Waals surface area contributed by atoms with E-state index in [1.54, 1.807) is 18.2 Å². The van der Waals surface area contributed by atoms with E-state index < -0.39 is 28.4 Å². The molecule has 0 unspecified atom stereocenters. The Morgan fingerprint density at radius 3 is 2.35 bits per heavy atom. The normalized spacial score (nSPS) is 10.9. The Hall–Kier alpha value is -2.61. The molecule has 0 heterocycles. The van der Waals surface area contributed by atoms with Crippen molar-refractivity contribution in [2.45, 2.75) is 0 Å². The van der Waals surface area contributed by atoms with Crippen LogP contribution in [-0.2, 0) is 14.8 Å². The summed E-state index contributed by atoms with van der Waals surface area (Å²) in [7, 11) is -3.48. The largest absolute Gasteiger partial charge is 0.481 e. The van der Waals surface area contributed by atoms with Crippen LogP contribution in [0.1, 0.15) is 0 Å². The van der Waals surface area contributed by atoms with Gasteiger partial charge in [0.15, 0.2) is 18.2 Å². The fraction of sp³-hybridized carbons (Fsp3) is 0.133. The highest BCUT2D eigenvalue weighted by atomic mass is 32.2. The van der Waals surface area contributed by atoms with Crippen LogP contribution in [0.4, 0.5) is 15.8 Å². The SMILES string of the molecule is CS(=O)(=O)Nc1ccccc1NC(=O)COc1ccccc1F. The van der Waals surface area contributed by atoms with Gasteiger partial charge in [-0.2, -0.15) is 0 Å². The summed E-state index contributed by atoms with van der Waals surface area (Å²) in [6.07, 6.45) is 1.01. The molecular weight excluding hydrogens is 323 g/mol. The smallest absolute Gasteiger partial charge is 0.262 e. The van der Waals surface area contributed by atoms with Crippen molar-refractivity contribution < 1.29 is 22.3 Å². The molecule has 0 fully saturated rings. The van der Waals surface area contributed by atoms with Crippen molar-refractivity contribution >= 4 is 27.3 Å². The fourth-order valence-corrected chi connectivity index (χ4v) is 2.35. The standard InChI is InChI=1S/C15H15FN2O4S/c1-23(20,21)18-13-8-4-3-7-12(13)17-15(19)10-22-14-9-5-2-6-11(14)16/h2-9,18H,10H2,1H3,(H,17,19). The molecule has 1 amide bonds. The zero-order chi connectivity index (χ0) is 16.9. The molecule has 0 spiro atoms. The molecule has 6 nitrogen and oxygen atoms in total. The summed E-state index contributed by atoms with van der Waals surface area (Å²) < 4.78 is 43.4. The second kappa shape index (κ2) is 7.10. The van der Waals surface area contributed by atoms with E-state index in [-0.39, 0.29) is 17.1 Å². The maximum atomic E-state index is 13.4. The van der Waals surface area contributed by atoms with Gasteiger partial charge in [0.05, 0.1) is 17.6 Å². The van der Waals surface area contributed by atoms with Crippen LogP contribution in [-0.4, -0.2) is 27.2 Å². The van der Waals surface area contributed by atoms with E-state index >= 15 is 0 Å². The number of anilines is 2. The molecule has 0 bridgehead atoms. The molecule has 0 aliphatic heterocycles. The van der Waals surface area contributed by atoms with Gasteiger partial charge in [0.25, 0.3) is 5.91 Å². The summed E-state index contributed by atoms with van der Waals surface area (Å²) in [6, 6.07) is 12.0. The first-order valence-corrected chi connectivity index (χ1v) is 8.48. The third-order valence-electron chi connectivity index (χ3n) is 2.69. The molecular formula is C15H15FN2O4S. The summed E-state index contributed by atoms with van der Waals surface area (Å²) in [5.41, 5.74) is 0.509. The van der Waals surface area contributed by atoms with Crippen molar-refractivity contribution in [3.05, 3.63) is 54.3 Å². The van der Waals surface area contributed by atoms with Gasteiger partial charge in [0.2, 0.25) is 10.0 Å². The van der Waals surface area contributed by atoms with E-state index in [9.17, 15) is 17.6 Å². The zero-order valence-electron chi connectivity index (χ0n) is 12.2. The van der Waals surface area contributed by atoms with Gasteiger partial charge in [0.1, 0.15) is 0 Å². The van der Waals surface area contributed by atoms with Crippen LogP contribution in [0.25, 0.3) is 0 Å². The van der Waals surface area contributed by atoms with Gasteiger partial charge < -0.3 is 10.1 Å². The molecule has 2 N–H and O–H groups in total. The number of para-hydroxylation sites is 3. The predicted molar refractivity (Wildman–Crippen MR) is 85.4 cm³/mol. The lowest BCUT2D eigenvalue weighted by Crippen LogP contribution is -2.21. The number of nitrogens with one attached hydrogen (secondary N) is 2. The molecule has 0 atom stereocenters. The van der Waals surface area contributed by atoms with Crippen LogP contribution in [0.15, 0.2) is 48.5 Å². The molecule has 0 radical (unpaired) electrons. The van der Waals surface area contributed by atoms with Crippen LogP contribution < -0.4 is 14.8 Å². The predicted octanol–water partition coefficient (Wildman–Crippen LogP) is 2.21. The second-order valence-corrected chi connectivity index (χ2v) is 6.44. The van der Waals surface area contributed by atoms with E-state index in [4.69, 9.17) is 4.74 Å². The Labute approximate surface area is 133 Å². The molecule has 2 aromatic carbocycles. The Morgan fingerprint density at radius 2 is 1.70 bits per heavy atom. The topological polar surface area (TPSA) is 84.5 Å². The van der Waals surface area contributed by atoms with Crippen LogP contribution >= 0.6 is 0 Å². The van der Waals surface area contributed by atoms with E-state index in [2.05, 4.69) is 10.0 Å². The van der Waals surface area contributed by atoms with Crippen molar-refractivity contribution in [3.63, 3.8) is 0 Å². The quantitative estimate of drug-likeness (QED) is 0.846. The first kappa shape index (κ1) is 16.8. The molecule has 8 heteroatoms. The molecule has 0 saturated carbocycles. The van der Waals surface area contributed by atoms with Gasteiger partial charge in [-0.15, -0.1) is 0 Å². The lowest BCUT2D eigenvalue weighted by molar-refractivity contribution is -0.118. The lowest BCUT2D eigenvalue weighted by atomic mass is 10.2. The average molecular weight is 338 g/mol. The molecule has 0 aliphatic rings. The molecule has 2 aromatic rings. The van der Waals surface area contributed by atoms with Gasteiger partial charge in [-0.05, 0) is 24.3 Å². The van der Waals surface area contributed by atoms with Gasteiger partial charge in [-0.25, -0.2) is 12.8 Å². The Kier molecular flexibility index (Phi) is 5.17. The summed E-state index contributed by atoms with van der Waals surface area (Å²) in [4.78, 5) is 11.9. The zero-order valence-corrected chi connectivity index (χ0v) is 13.1. The molecule has 23 heavy (non-hydrogen) atoms. The number of benzene rings is 2. The third-order valence-corrected chi connectivity index (χ3v) is 3.28. The summed E-state index contributed by atoms with van der Waals surface area (Å²) in [5.74, 6) is -1.15. The highest BCUT2D eigenvalue weighted by Gasteiger charge is 2.11. The summed E-state index contributed by atoms with van der Waals surface area (Å²) in [5, 5.41) is 2.51. The van der Waals surface area contributed by atoms with Crippen LogP contribution in [0.5, 0.6) is 5.75 Å². The molecule has 0 saturated heterocycles. The van der Waals surface area contributed by atoms with Gasteiger partial charge in [-0.3, -0.25) is 9.52 Å². The van der Waals surface area contributed by atoms with Crippen molar-refractivity contribution in [1.29, 1.82) is 0 Å². The number of ether oxygens (including phenoxy) is 1. The lowest BCUT2D eigenvalue weighted by Gasteiger charge is -2.12. The van der Waals surface area contributed by atoms with Crippen LogP contribution in [0.3, 0.4) is 0 Å². The number of sulfonamides is 1. The maximum Gasteiger partial charge on any atom is 0.262 e. The number of amides is 1. The highest BCUT2D eigenvalue weighted by Crippen LogP contribution is 2.22. The van der Waals surface area contributed by atoms with Gasteiger partial charge >= 0.3 is 0 Å². The average Bonchev–Trinajstić information content (AvgIpc) is 2.47. The highest BCUT2D eigenvalue weighted by molar-refractivity contribution is 7.92. The molecule has 0 aromatic heterocycles. The van der Waals surface area contributed by atoms with Crippen molar-refractivity contribution in [3.8, 4) is 5.75 Å². The van der Waals surface area contributed by atoms with E-state index in [1.165, 1.54) is 30.3 Å². The first-order valence-electron chi connectivity index (χ1n) is 6.59. The summed E-state index contributed by atoms with van der Waals surface area (Å²) in [6.45, 7) is -0.409. The van der Waals surface area contributed by atoms with Crippen LogP contribution in [0.2, 0.25) is 0 Å². The van der Waals surface area contributed by atoms with Crippen molar-refractivity contribution in [2.75, 3.05) is 22.9 Å². The number of carbonyl (C=O) groups is 1. The Bertz CT molecular complexity index is 809. The fourth-order valence-electron chi connectivity index (χ4n) is 1.77. The first-order chi connectivity index (χ1) is 10.8. The molecule has 122 valence electrons. The number of hydrogen-bond acceptors (Lipinski definition) is 4. The number of hydrogen-bond donors (Lipinski definition) is 2. The number of halogens is 1. The molecule has 0 aliphatic carbocycles. The van der Waals surface area contributed by atoms with Crippen molar-refractivity contribution in [1.82, 2.24) is 0 Å². The van der Waals surface area contributed by atoms with Gasteiger partial charge in [0, 0.05) is 0 Å². The second-order valence-electron chi connectivity index (χ2n) is 4.69. The van der Waals surface area contributed by atoms with Gasteiger partial charge in [-0.1, -0.05) is 24.3 Å². The van der Waals surface area contributed by atoms with Crippen molar-refractivity contribution in [2.24, 2.45) is 0 Å². The Balaban J connectivity index is 2.02. The minimum atomic E-state index is -3.48.